The van der Waals surface area contributed by atoms with Gasteiger partial charge < -0.3 is 14.4 Å². The number of ketones is 1. The molecule has 0 aromatic carbocycles. The number of ether oxygens (including phenoxy) is 2. The molecular weight excluding hydrogens is 286 g/mol. The standard InChI is InChI=1S/C16H25NO5/c1-15(2,3)22-14(20)17-9-8-16(10-17)7-5-6-11(12(16)18)13(19)21-4/h11H,5-10H2,1-4H3. The van der Waals surface area contributed by atoms with Crippen LogP contribution in [0.3, 0.4) is 0 Å². The van der Waals surface area contributed by atoms with Crippen LogP contribution in [0.2, 0.25) is 0 Å². The van der Waals surface area contributed by atoms with E-state index in [1.54, 1.807) is 4.90 Å². The molecule has 1 aliphatic carbocycles. The third-order valence-corrected chi connectivity index (χ3v) is 4.48. The minimum absolute atomic E-state index is 0.0725. The zero-order valence-electron chi connectivity index (χ0n) is 13.8. The fourth-order valence-corrected chi connectivity index (χ4v) is 3.40. The molecule has 2 aliphatic rings. The Kier molecular flexibility index (Phi) is 4.49. The monoisotopic (exact) mass is 311 g/mol. The first-order chi connectivity index (χ1) is 10.2. The first kappa shape index (κ1) is 16.8. The molecule has 1 spiro atoms. The van der Waals surface area contributed by atoms with Crippen LogP contribution in [0.15, 0.2) is 0 Å². The Balaban J connectivity index is 2.08. The van der Waals surface area contributed by atoms with Gasteiger partial charge in [-0.2, -0.15) is 0 Å². The van der Waals surface area contributed by atoms with Crippen LogP contribution < -0.4 is 0 Å². The largest absolute Gasteiger partial charge is 0.468 e. The molecule has 0 N–H and O–H groups in total. The van der Waals surface area contributed by atoms with Crippen molar-refractivity contribution in [3.63, 3.8) is 0 Å². The summed E-state index contributed by atoms with van der Waals surface area (Å²) in [6.45, 7) is 6.28. The van der Waals surface area contributed by atoms with Crippen LogP contribution in [0.4, 0.5) is 4.79 Å². The fraction of sp³-hybridized carbons (Fsp3) is 0.812. The molecule has 1 saturated heterocycles. The van der Waals surface area contributed by atoms with Crippen LogP contribution >= 0.6 is 0 Å². The zero-order chi connectivity index (χ0) is 16.5. The highest BCUT2D eigenvalue weighted by Gasteiger charge is 2.52. The van der Waals surface area contributed by atoms with E-state index in [4.69, 9.17) is 9.47 Å². The molecular formula is C16H25NO5. The molecule has 2 unspecified atom stereocenters. The number of carbonyl (C=O) groups excluding carboxylic acids is 3. The predicted molar refractivity (Wildman–Crippen MR) is 79.2 cm³/mol. The fourth-order valence-electron chi connectivity index (χ4n) is 3.40. The van der Waals surface area contributed by atoms with E-state index in [-0.39, 0.29) is 5.78 Å². The summed E-state index contributed by atoms with van der Waals surface area (Å²) in [5.41, 5.74) is -1.16. The maximum atomic E-state index is 12.7. The van der Waals surface area contributed by atoms with Crippen LogP contribution in [0.1, 0.15) is 46.5 Å². The van der Waals surface area contributed by atoms with Gasteiger partial charge >= 0.3 is 12.1 Å². The van der Waals surface area contributed by atoms with Crippen molar-refractivity contribution in [3.8, 4) is 0 Å². The van der Waals surface area contributed by atoms with Crippen LogP contribution in [-0.4, -0.2) is 48.5 Å². The number of hydrogen-bond acceptors (Lipinski definition) is 5. The van der Waals surface area contributed by atoms with Crippen molar-refractivity contribution >= 4 is 17.8 Å². The van der Waals surface area contributed by atoms with Crippen molar-refractivity contribution in [2.75, 3.05) is 20.2 Å². The summed E-state index contributed by atoms with van der Waals surface area (Å²) in [7, 11) is 1.30. The van der Waals surface area contributed by atoms with Gasteiger partial charge in [-0.15, -0.1) is 0 Å². The van der Waals surface area contributed by atoms with Crippen molar-refractivity contribution in [2.45, 2.75) is 52.1 Å². The van der Waals surface area contributed by atoms with Crippen molar-refractivity contribution < 1.29 is 23.9 Å². The summed E-state index contributed by atoms with van der Waals surface area (Å²) < 4.78 is 10.1. The van der Waals surface area contributed by atoms with E-state index >= 15 is 0 Å². The van der Waals surface area contributed by atoms with E-state index in [0.29, 0.717) is 25.9 Å². The lowest BCUT2D eigenvalue weighted by Gasteiger charge is -2.35. The molecule has 6 heteroatoms. The topological polar surface area (TPSA) is 72.9 Å². The second kappa shape index (κ2) is 5.89. The summed E-state index contributed by atoms with van der Waals surface area (Å²) in [6.07, 6.45) is 2.27. The number of likely N-dealkylation sites (tertiary alicyclic amines) is 1. The Morgan fingerprint density at radius 2 is 1.95 bits per heavy atom. The number of Topliss-reactive ketones (excluding diaryl/α,β-unsaturated/α-hetero) is 1. The Bertz CT molecular complexity index is 481. The Labute approximate surface area is 131 Å². The Morgan fingerprint density at radius 1 is 1.27 bits per heavy atom. The van der Waals surface area contributed by atoms with E-state index in [1.165, 1.54) is 7.11 Å². The van der Waals surface area contributed by atoms with Gasteiger partial charge in [0.05, 0.1) is 7.11 Å². The highest BCUT2D eigenvalue weighted by Crippen LogP contribution is 2.44. The average molecular weight is 311 g/mol. The van der Waals surface area contributed by atoms with Gasteiger partial charge in [0.1, 0.15) is 11.5 Å². The van der Waals surface area contributed by atoms with Gasteiger partial charge in [-0.3, -0.25) is 9.59 Å². The van der Waals surface area contributed by atoms with E-state index in [0.717, 1.165) is 12.8 Å². The third-order valence-electron chi connectivity index (χ3n) is 4.48. The van der Waals surface area contributed by atoms with Crippen LogP contribution in [0, 0.1) is 11.3 Å². The van der Waals surface area contributed by atoms with Crippen molar-refractivity contribution in [3.05, 3.63) is 0 Å². The lowest BCUT2D eigenvalue weighted by molar-refractivity contribution is -0.154. The molecule has 0 aromatic heterocycles. The summed E-state index contributed by atoms with van der Waals surface area (Å²) in [4.78, 5) is 38.2. The number of amides is 1. The van der Waals surface area contributed by atoms with E-state index < -0.39 is 29.0 Å². The maximum Gasteiger partial charge on any atom is 0.410 e. The second-order valence-electron chi connectivity index (χ2n) is 7.26. The molecule has 2 fully saturated rings. The van der Waals surface area contributed by atoms with Gasteiger partial charge in [0.25, 0.3) is 0 Å². The molecule has 124 valence electrons. The smallest absolute Gasteiger partial charge is 0.410 e. The van der Waals surface area contributed by atoms with Crippen LogP contribution in [-0.2, 0) is 19.1 Å². The average Bonchev–Trinajstić information content (AvgIpc) is 2.85. The van der Waals surface area contributed by atoms with Gasteiger partial charge in [0.15, 0.2) is 5.78 Å². The number of nitrogens with zero attached hydrogens (tertiary/aromatic N) is 1. The molecule has 1 heterocycles. The highest BCUT2D eigenvalue weighted by molar-refractivity contribution is 6.03. The molecule has 0 radical (unpaired) electrons. The second-order valence-corrected chi connectivity index (χ2v) is 7.26. The van der Waals surface area contributed by atoms with Crippen molar-refractivity contribution in [2.24, 2.45) is 11.3 Å². The molecule has 0 bridgehead atoms. The predicted octanol–water partition coefficient (Wildman–Crippen LogP) is 2.16. The highest BCUT2D eigenvalue weighted by atomic mass is 16.6. The molecule has 1 saturated carbocycles. The summed E-state index contributed by atoms with van der Waals surface area (Å²) in [5, 5.41) is 0. The van der Waals surface area contributed by atoms with Gasteiger partial charge in [-0.25, -0.2) is 4.79 Å². The first-order valence-corrected chi connectivity index (χ1v) is 7.79. The number of carbonyl (C=O) groups is 3. The molecule has 0 aromatic rings. The van der Waals surface area contributed by atoms with Crippen LogP contribution in [0.5, 0.6) is 0 Å². The number of hydrogen-bond donors (Lipinski definition) is 0. The quantitative estimate of drug-likeness (QED) is 0.548. The summed E-state index contributed by atoms with van der Waals surface area (Å²) >= 11 is 0. The summed E-state index contributed by atoms with van der Waals surface area (Å²) in [5.74, 6) is -1.21. The van der Waals surface area contributed by atoms with Gasteiger partial charge in [0.2, 0.25) is 0 Å². The van der Waals surface area contributed by atoms with E-state index in [2.05, 4.69) is 0 Å². The zero-order valence-corrected chi connectivity index (χ0v) is 13.8. The molecule has 2 atom stereocenters. The first-order valence-electron chi connectivity index (χ1n) is 7.79. The minimum atomic E-state index is -0.683. The number of methoxy groups -OCH3 is 1. The van der Waals surface area contributed by atoms with Gasteiger partial charge in [-0.1, -0.05) is 6.42 Å². The molecule has 6 nitrogen and oxygen atoms in total. The van der Waals surface area contributed by atoms with E-state index in [1.807, 2.05) is 20.8 Å². The van der Waals surface area contributed by atoms with Crippen LogP contribution in [0.25, 0.3) is 0 Å². The third kappa shape index (κ3) is 3.25. The summed E-state index contributed by atoms with van der Waals surface area (Å²) in [6, 6.07) is 0. The molecule has 1 aliphatic heterocycles. The van der Waals surface area contributed by atoms with Crippen molar-refractivity contribution in [1.29, 1.82) is 0 Å². The maximum absolute atomic E-state index is 12.7. The van der Waals surface area contributed by atoms with E-state index in [9.17, 15) is 14.4 Å². The lowest BCUT2D eigenvalue weighted by atomic mass is 9.68. The Hall–Kier alpha value is -1.59. The molecule has 2 rings (SSSR count). The Morgan fingerprint density at radius 3 is 2.55 bits per heavy atom. The normalized spacial score (nSPS) is 28.8. The molecule has 22 heavy (non-hydrogen) atoms. The minimum Gasteiger partial charge on any atom is -0.468 e. The van der Waals surface area contributed by atoms with Gasteiger partial charge in [0, 0.05) is 18.5 Å². The van der Waals surface area contributed by atoms with Gasteiger partial charge in [-0.05, 0) is 40.0 Å². The number of esters is 1. The number of rotatable bonds is 1. The lowest BCUT2D eigenvalue weighted by Crippen LogP contribution is -2.46. The SMILES string of the molecule is COC(=O)C1CCCC2(CCN(C(=O)OC(C)(C)C)C2)C1=O. The van der Waals surface area contributed by atoms with Crippen molar-refractivity contribution in [1.82, 2.24) is 4.90 Å². The molecule has 1 amide bonds.